The second-order valence-corrected chi connectivity index (χ2v) is 7.40. The smallest absolute Gasteiger partial charge is 0.227 e. The Morgan fingerprint density at radius 3 is 2.37 bits per heavy atom. The summed E-state index contributed by atoms with van der Waals surface area (Å²) in [4.78, 5) is 17.3. The molecule has 138 valence electrons. The van der Waals surface area contributed by atoms with Crippen molar-refractivity contribution in [1.82, 2.24) is 4.90 Å². The molecule has 3 aromatic carbocycles. The van der Waals surface area contributed by atoms with Crippen molar-refractivity contribution in [3.05, 3.63) is 77.4 Å². The van der Waals surface area contributed by atoms with E-state index in [0.29, 0.717) is 6.42 Å². The fourth-order valence-electron chi connectivity index (χ4n) is 4.00. The van der Waals surface area contributed by atoms with Gasteiger partial charge >= 0.3 is 0 Å². The number of benzene rings is 3. The van der Waals surface area contributed by atoms with Crippen molar-refractivity contribution in [3.63, 3.8) is 0 Å². The summed E-state index contributed by atoms with van der Waals surface area (Å²) < 4.78 is 0. The molecule has 0 aliphatic carbocycles. The largest absolute Gasteiger partial charge is 0.368 e. The number of fused-ring (bicyclic) bond motifs is 1. The summed E-state index contributed by atoms with van der Waals surface area (Å²) in [5, 5.41) is 2.38. The van der Waals surface area contributed by atoms with Crippen LogP contribution in [0.2, 0.25) is 0 Å². The van der Waals surface area contributed by atoms with Crippen molar-refractivity contribution in [3.8, 4) is 0 Å². The lowest BCUT2D eigenvalue weighted by Gasteiger charge is -2.37. The van der Waals surface area contributed by atoms with Crippen molar-refractivity contribution >= 4 is 22.4 Å². The lowest BCUT2D eigenvalue weighted by atomic mass is 10.0. The predicted octanol–water partition coefficient (Wildman–Crippen LogP) is 4.35. The lowest BCUT2D eigenvalue weighted by Crippen LogP contribution is -2.49. The first-order valence-corrected chi connectivity index (χ1v) is 9.69. The highest BCUT2D eigenvalue weighted by Gasteiger charge is 2.22. The summed E-state index contributed by atoms with van der Waals surface area (Å²) in [5.74, 6) is 0.229. The maximum atomic E-state index is 12.9. The van der Waals surface area contributed by atoms with E-state index in [1.165, 1.54) is 27.6 Å². The molecule has 0 spiro atoms. The van der Waals surface area contributed by atoms with Gasteiger partial charge in [0.05, 0.1) is 6.42 Å². The molecule has 0 aromatic heterocycles. The van der Waals surface area contributed by atoms with Gasteiger partial charge in [0.25, 0.3) is 0 Å². The van der Waals surface area contributed by atoms with Gasteiger partial charge in [0.2, 0.25) is 5.91 Å². The number of anilines is 1. The number of nitrogens with zero attached hydrogens (tertiary/aromatic N) is 2. The molecule has 3 aromatic rings. The fourth-order valence-corrected chi connectivity index (χ4v) is 4.00. The summed E-state index contributed by atoms with van der Waals surface area (Å²) in [7, 11) is 0. The topological polar surface area (TPSA) is 23.6 Å². The van der Waals surface area contributed by atoms with Crippen LogP contribution in [0.25, 0.3) is 10.8 Å². The molecule has 27 heavy (non-hydrogen) atoms. The van der Waals surface area contributed by atoms with Crippen LogP contribution in [0.5, 0.6) is 0 Å². The van der Waals surface area contributed by atoms with Crippen LogP contribution in [-0.4, -0.2) is 37.0 Å². The number of carbonyl (C=O) groups is 1. The number of rotatable bonds is 3. The molecule has 0 saturated carbocycles. The predicted molar refractivity (Wildman–Crippen MR) is 112 cm³/mol. The Hall–Kier alpha value is -2.81. The summed E-state index contributed by atoms with van der Waals surface area (Å²) in [6, 6.07) is 21.0. The van der Waals surface area contributed by atoms with E-state index in [2.05, 4.69) is 61.2 Å². The van der Waals surface area contributed by atoms with Gasteiger partial charge in [-0.15, -0.1) is 0 Å². The van der Waals surface area contributed by atoms with Gasteiger partial charge in [0, 0.05) is 31.9 Å². The molecule has 0 bridgehead atoms. The Morgan fingerprint density at radius 2 is 1.56 bits per heavy atom. The molecule has 3 heteroatoms. The average Bonchev–Trinajstić information content (AvgIpc) is 2.70. The van der Waals surface area contributed by atoms with Gasteiger partial charge in [0.15, 0.2) is 0 Å². The zero-order chi connectivity index (χ0) is 18.8. The van der Waals surface area contributed by atoms with Crippen molar-refractivity contribution < 1.29 is 4.79 Å². The van der Waals surface area contributed by atoms with Gasteiger partial charge in [-0.1, -0.05) is 54.6 Å². The molecule has 0 unspecified atom stereocenters. The molecule has 3 nitrogen and oxygen atoms in total. The Labute approximate surface area is 161 Å². The van der Waals surface area contributed by atoms with Crippen LogP contribution in [0.1, 0.15) is 16.7 Å². The average molecular weight is 358 g/mol. The van der Waals surface area contributed by atoms with Crippen LogP contribution < -0.4 is 4.90 Å². The highest BCUT2D eigenvalue weighted by Crippen LogP contribution is 2.24. The van der Waals surface area contributed by atoms with E-state index < -0.39 is 0 Å². The van der Waals surface area contributed by atoms with Gasteiger partial charge in [-0.25, -0.2) is 0 Å². The third-order valence-corrected chi connectivity index (χ3v) is 5.77. The van der Waals surface area contributed by atoms with Crippen LogP contribution in [0.15, 0.2) is 60.7 Å². The van der Waals surface area contributed by atoms with Crippen LogP contribution in [0.3, 0.4) is 0 Å². The van der Waals surface area contributed by atoms with Gasteiger partial charge < -0.3 is 9.80 Å². The SMILES string of the molecule is Cc1cccc(N2CCN(C(=O)Cc3cccc4ccccc34)CC2)c1C. The van der Waals surface area contributed by atoms with Crippen LogP contribution >= 0.6 is 0 Å². The highest BCUT2D eigenvalue weighted by molar-refractivity contribution is 5.90. The van der Waals surface area contributed by atoms with Crippen molar-refractivity contribution in [2.24, 2.45) is 0 Å². The fraction of sp³-hybridized carbons (Fsp3) is 0.292. The number of amides is 1. The molecule has 1 amide bonds. The zero-order valence-corrected chi connectivity index (χ0v) is 16.1. The van der Waals surface area contributed by atoms with Crippen molar-refractivity contribution in [2.45, 2.75) is 20.3 Å². The molecule has 0 atom stereocenters. The van der Waals surface area contributed by atoms with Crippen LogP contribution in [-0.2, 0) is 11.2 Å². The van der Waals surface area contributed by atoms with E-state index in [-0.39, 0.29) is 5.91 Å². The molecule has 0 N–H and O–H groups in total. The minimum absolute atomic E-state index is 0.229. The van der Waals surface area contributed by atoms with E-state index in [1.54, 1.807) is 0 Å². The van der Waals surface area contributed by atoms with E-state index in [0.717, 1.165) is 31.7 Å². The van der Waals surface area contributed by atoms with E-state index in [9.17, 15) is 4.79 Å². The first-order valence-electron chi connectivity index (χ1n) is 9.69. The van der Waals surface area contributed by atoms with Crippen LogP contribution in [0, 0.1) is 13.8 Å². The first kappa shape index (κ1) is 17.6. The molecule has 1 fully saturated rings. The molecule has 1 heterocycles. The van der Waals surface area contributed by atoms with E-state index in [1.807, 2.05) is 23.1 Å². The number of hydrogen-bond donors (Lipinski definition) is 0. The molecular formula is C24H26N2O. The molecular weight excluding hydrogens is 332 g/mol. The third kappa shape index (κ3) is 3.55. The zero-order valence-electron chi connectivity index (χ0n) is 16.1. The van der Waals surface area contributed by atoms with Crippen LogP contribution in [0.4, 0.5) is 5.69 Å². The number of hydrogen-bond acceptors (Lipinski definition) is 2. The Morgan fingerprint density at radius 1 is 0.852 bits per heavy atom. The van der Waals surface area contributed by atoms with Crippen molar-refractivity contribution in [1.29, 1.82) is 0 Å². The Bertz CT molecular complexity index is 966. The molecule has 1 saturated heterocycles. The monoisotopic (exact) mass is 358 g/mol. The molecule has 4 rings (SSSR count). The number of carbonyl (C=O) groups excluding carboxylic acids is 1. The van der Waals surface area contributed by atoms with E-state index >= 15 is 0 Å². The number of piperazine rings is 1. The molecule has 1 aliphatic rings. The van der Waals surface area contributed by atoms with Gasteiger partial charge in [-0.2, -0.15) is 0 Å². The summed E-state index contributed by atoms with van der Waals surface area (Å²) >= 11 is 0. The minimum atomic E-state index is 0.229. The summed E-state index contributed by atoms with van der Waals surface area (Å²) in [6.07, 6.45) is 0.477. The highest BCUT2D eigenvalue weighted by atomic mass is 16.2. The third-order valence-electron chi connectivity index (χ3n) is 5.77. The Kier molecular flexibility index (Phi) is 4.85. The molecule has 0 radical (unpaired) electrons. The first-order chi connectivity index (χ1) is 13.1. The second-order valence-electron chi connectivity index (χ2n) is 7.40. The van der Waals surface area contributed by atoms with Crippen molar-refractivity contribution in [2.75, 3.05) is 31.1 Å². The number of aryl methyl sites for hydroxylation is 1. The summed E-state index contributed by atoms with van der Waals surface area (Å²) in [5.41, 5.74) is 5.08. The minimum Gasteiger partial charge on any atom is -0.368 e. The maximum absolute atomic E-state index is 12.9. The summed E-state index contributed by atoms with van der Waals surface area (Å²) in [6.45, 7) is 7.70. The standard InChI is InChI=1S/C24H26N2O/c1-18-7-5-12-23(19(18)2)25-13-15-26(16-14-25)24(27)17-21-10-6-9-20-8-3-4-11-22(20)21/h3-12H,13-17H2,1-2H3. The van der Waals surface area contributed by atoms with Gasteiger partial charge in [-0.3, -0.25) is 4.79 Å². The lowest BCUT2D eigenvalue weighted by molar-refractivity contribution is -0.130. The Balaban J connectivity index is 1.43. The van der Waals surface area contributed by atoms with E-state index in [4.69, 9.17) is 0 Å². The quantitative estimate of drug-likeness (QED) is 0.695. The maximum Gasteiger partial charge on any atom is 0.227 e. The normalized spacial score (nSPS) is 14.6. The van der Waals surface area contributed by atoms with Gasteiger partial charge in [-0.05, 0) is 47.4 Å². The van der Waals surface area contributed by atoms with Gasteiger partial charge in [0.1, 0.15) is 0 Å². The second kappa shape index (κ2) is 7.43. The molecule has 1 aliphatic heterocycles.